The second kappa shape index (κ2) is 11.0. The van der Waals surface area contributed by atoms with Gasteiger partial charge in [0, 0.05) is 20.6 Å². The molecule has 1 aliphatic heterocycles. The van der Waals surface area contributed by atoms with Gasteiger partial charge in [-0.3, -0.25) is 4.79 Å². The van der Waals surface area contributed by atoms with E-state index in [1.165, 1.54) is 15.9 Å². The van der Waals surface area contributed by atoms with Crippen molar-refractivity contribution in [2.45, 2.75) is 64.2 Å². The number of hydrogen-bond acceptors (Lipinski definition) is 5. The lowest BCUT2D eigenvalue weighted by Crippen LogP contribution is -2.65. The van der Waals surface area contributed by atoms with Crippen LogP contribution in [0.2, 0.25) is 0 Å². The van der Waals surface area contributed by atoms with E-state index in [2.05, 4.69) is 20.8 Å². The van der Waals surface area contributed by atoms with Crippen LogP contribution in [0.5, 0.6) is 0 Å². The van der Waals surface area contributed by atoms with Gasteiger partial charge in [0.2, 0.25) is 0 Å². The van der Waals surface area contributed by atoms with Gasteiger partial charge in [-0.25, -0.2) is 4.79 Å². The molecule has 1 heterocycles. The predicted molar refractivity (Wildman–Crippen MR) is 156 cm³/mol. The molecule has 3 aliphatic carbocycles. The molecule has 4 aliphatic rings. The lowest BCUT2D eigenvalue weighted by atomic mass is 9.43. The number of hydrogen-bond donors (Lipinski definition) is 1. The van der Waals surface area contributed by atoms with Gasteiger partial charge in [-0.05, 0) is 72.3 Å². The van der Waals surface area contributed by atoms with E-state index in [0.717, 1.165) is 24.0 Å². The van der Waals surface area contributed by atoms with E-state index in [-0.39, 0.29) is 29.5 Å². The molecule has 5 atom stereocenters. The average molecular weight is 555 g/mol. The molecule has 1 N–H and O–H groups in total. The Morgan fingerprint density at radius 3 is 2.46 bits per heavy atom. The molecule has 0 unspecified atom stereocenters. The topological polar surface area (TPSA) is 103 Å². The molecular weight excluding hydrogens is 517 g/mol. The molecule has 3 saturated carbocycles. The number of nitriles is 1. The fraction of sp³-hybridized carbons (Fsp3) is 0.469. The number of likely N-dealkylation sites (N-methyl/N-ethyl adjacent to an activating group) is 1. The zero-order chi connectivity index (χ0) is 29.5. The van der Waals surface area contributed by atoms with Crippen molar-refractivity contribution in [1.82, 2.24) is 9.80 Å². The highest BCUT2D eigenvalue weighted by molar-refractivity contribution is 6.47. The van der Waals surface area contributed by atoms with Crippen LogP contribution in [0, 0.1) is 28.6 Å². The first kappa shape index (κ1) is 28.9. The molecular formula is C32H38BN3O5. The molecule has 41 heavy (non-hydrogen) atoms. The van der Waals surface area contributed by atoms with Crippen molar-refractivity contribution in [3.63, 3.8) is 0 Å². The lowest BCUT2D eigenvalue weighted by Gasteiger charge is -2.64. The first-order chi connectivity index (χ1) is 19.4. The van der Waals surface area contributed by atoms with E-state index in [9.17, 15) is 20.0 Å². The highest BCUT2D eigenvalue weighted by Gasteiger charge is 2.68. The summed E-state index contributed by atoms with van der Waals surface area (Å²) in [6.45, 7) is 6.85. The monoisotopic (exact) mass is 555 g/mol. The molecule has 6 rings (SSSR count). The zero-order valence-electron chi connectivity index (χ0n) is 24.4. The number of carboxylic acid groups (broad SMARTS) is 1. The van der Waals surface area contributed by atoms with Crippen LogP contribution in [0.1, 0.15) is 50.3 Å². The largest absolute Gasteiger partial charge is 0.482 e. The summed E-state index contributed by atoms with van der Waals surface area (Å²) in [6.07, 6.45) is 2.87. The van der Waals surface area contributed by atoms with E-state index >= 15 is 0 Å². The number of amides is 2. The van der Waals surface area contributed by atoms with E-state index in [4.69, 9.17) is 9.31 Å². The summed E-state index contributed by atoms with van der Waals surface area (Å²) in [6, 6.07) is 19.0. The molecule has 0 spiro atoms. The summed E-state index contributed by atoms with van der Waals surface area (Å²) < 4.78 is 13.4. The second-order valence-electron chi connectivity index (χ2n) is 12.6. The maximum absolute atomic E-state index is 12.8. The third-order valence-corrected chi connectivity index (χ3v) is 9.59. The number of carbonyl (C=O) groups is 2. The molecule has 2 aromatic rings. The average Bonchev–Trinajstić information content (AvgIpc) is 3.30. The van der Waals surface area contributed by atoms with Gasteiger partial charge < -0.3 is 24.2 Å². The van der Waals surface area contributed by atoms with Gasteiger partial charge in [0.25, 0.3) is 5.91 Å². The standard InChI is InChI=1S/C32H38BN3O5/c1-31(2)25-17-26(31)32(3)27(18-25)40-33(41-32)28(16-21-10-7-6-8-11-21)36(30(38)39)20-23-13-9-12-22(14-23)15-24(19-34)29(37)35(4)5/h6-15,25-28H,16-18,20H2,1-5H3,(H,38,39)/b24-15+/t25-,26-,27+,28-,32-/m0/s1. The third-order valence-electron chi connectivity index (χ3n) is 9.59. The molecule has 4 fully saturated rings. The van der Waals surface area contributed by atoms with Crippen LogP contribution in [0.15, 0.2) is 60.2 Å². The maximum Gasteiger partial charge on any atom is 0.482 e. The first-order valence-electron chi connectivity index (χ1n) is 14.2. The van der Waals surface area contributed by atoms with Crippen LogP contribution in [0.4, 0.5) is 4.79 Å². The molecule has 0 radical (unpaired) electrons. The molecule has 2 bridgehead atoms. The van der Waals surface area contributed by atoms with Crippen LogP contribution in [0.25, 0.3) is 6.08 Å². The molecule has 0 aromatic heterocycles. The number of carbonyl (C=O) groups excluding carboxylic acids is 1. The minimum Gasteiger partial charge on any atom is -0.465 e. The summed E-state index contributed by atoms with van der Waals surface area (Å²) in [7, 11) is 2.48. The second-order valence-corrected chi connectivity index (χ2v) is 12.6. The van der Waals surface area contributed by atoms with Gasteiger partial charge in [-0.2, -0.15) is 5.26 Å². The minimum atomic E-state index is -1.07. The SMILES string of the molecule is CN(C)C(=O)/C(C#N)=C/c1cccc(CN(C(=O)O)[C@@H](Cc2ccccc2)B2O[C@@H]3C[C@@H]4C[C@@H](C4(C)C)[C@]3(C)O2)c1. The van der Waals surface area contributed by atoms with E-state index in [1.54, 1.807) is 26.2 Å². The normalized spacial score (nSPS) is 26.8. The Balaban J connectivity index is 1.45. The summed E-state index contributed by atoms with van der Waals surface area (Å²) in [5, 5.41) is 20.0. The molecule has 8 nitrogen and oxygen atoms in total. The van der Waals surface area contributed by atoms with Gasteiger partial charge >= 0.3 is 13.2 Å². The van der Waals surface area contributed by atoms with Crippen LogP contribution >= 0.6 is 0 Å². The van der Waals surface area contributed by atoms with Crippen LogP contribution < -0.4 is 0 Å². The summed E-state index contributed by atoms with van der Waals surface area (Å²) in [5.74, 6) is -0.0204. The van der Waals surface area contributed by atoms with Crippen molar-refractivity contribution >= 4 is 25.2 Å². The maximum atomic E-state index is 12.8. The minimum absolute atomic E-state index is 0.00843. The van der Waals surface area contributed by atoms with Crippen LogP contribution in [0.3, 0.4) is 0 Å². The third kappa shape index (κ3) is 5.39. The Morgan fingerprint density at radius 1 is 1.12 bits per heavy atom. The van der Waals surface area contributed by atoms with Gasteiger partial charge in [0.1, 0.15) is 11.6 Å². The summed E-state index contributed by atoms with van der Waals surface area (Å²) >= 11 is 0. The van der Waals surface area contributed by atoms with E-state index in [0.29, 0.717) is 23.8 Å². The smallest absolute Gasteiger partial charge is 0.465 e. The van der Waals surface area contributed by atoms with Crippen LogP contribution in [-0.2, 0) is 27.1 Å². The summed E-state index contributed by atoms with van der Waals surface area (Å²) in [4.78, 5) is 28.0. The lowest BCUT2D eigenvalue weighted by molar-refractivity contribution is -0.199. The highest BCUT2D eigenvalue weighted by Crippen LogP contribution is 2.65. The van der Waals surface area contributed by atoms with Gasteiger partial charge in [0.05, 0.1) is 17.6 Å². The van der Waals surface area contributed by atoms with Gasteiger partial charge in [-0.15, -0.1) is 0 Å². The van der Waals surface area contributed by atoms with Crippen molar-refractivity contribution in [2.24, 2.45) is 17.3 Å². The zero-order valence-corrected chi connectivity index (χ0v) is 24.4. The predicted octanol–water partition coefficient (Wildman–Crippen LogP) is 5.04. The highest BCUT2D eigenvalue weighted by atomic mass is 16.7. The van der Waals surface area contributed by atoms with Gasteiger partial charge in [0.15, 0.2) is 0 Å². The van der Waals surface area contributed by atoms with Crippen molar-refractivity contribution < 1.29 is 24.0 Å². The molecule has 214 valence electrons. The fourth-order valence-electron chi connectivity index (χ4n) is 7.13. The molecule has 2 amide bonds. The Hall–Kier alpha value is -3.61. The van der Waals surface area contributed by atoms with Crippen molar-refractivity contribution in [2.75, 3.05) is 14.1 Å². The fourth-order valence-corrected chi connectivity index (χ4v) is 7.13. The Labute approximate surface area is 242 Å². The van der Waals surface area contributed by atoms with E-state index < -0.39 is 24.8 Å². The first-order valence-corrected chi connectivity index (χ1v) is 14.2. The molecule has 1 saturated heterocycles. The Bertz CT molecular complexity index is 1390. The summed E-state index contributed by atoms with van der Waals surface area (Å²) in [5.41, 5.74) is 2.10. The van der Waals surface area contributed by atoms with E-state index in [1.807, 2.05) is 48.5 Å². The van der Waals surface area contributed by atoms with Crippen LogP contribution in [-0.4, -0.2) is 65.8 Å². The molecule has 9 heteroatoms. The van der Waals surface area contributed by atoms with Gasteiger partial charge in [-0.1, -0.05) is 62.4 Å². The molecule has 2 aromatic carbocycles. The number of benzene rings is 2. The Morgan fingerprint density at radius 2 is 1.83 bits per heavy atom. The van der Waals surface area contributed by atoms with Crippen molar-refractivity contribution in [3.8, 4) is 6.07 Å². The quantitative estimate of drug-likeness (QED) is 0.278. The number of rotatable bonds is 8. The Kier molecular flexibility index (Phi) is 7.75. The number of nitrogens with zero attached hydrogens (tertiary/aromatic N) is 3. The van der Waals surface area contributed by atoms with Crippen molar-refractivity contribution in [3.05, 3.63) is 76.9 Å². The van der Waals surface area contributed by atoms with Crippen molar-refractivity contribution in [1.29, 1.82) is 5.26 Å².